The molecule has 1 aromatic rings. The first-order valence-corrected chi connectivity index (χ1v) is 10.6. The lowest BCUT2D eigenvalue weighted by molar-refractivity contribution is -0.126. The van der Waals surface area contributed by atoms with Crippen LogP contribution in [-0.4, -0.2) is 61.9 Å². The molecule has 1 saturated heterocycles. The smallest absolute Gasteiger partial charge is 0.256 e. The van der Waals surface area contributed by atoms with E-state index in [2.05, 4.69) is 16.5 Å². The number of likely N-dealkylation sites (tertiary alicyclic amines) is 1. The van der Waals surface area contributed by atoms with Crippen LogP contribution in [0.1, 0.15) is 11.5 Å². The van der Waals surface area contributed by atoms with Crippen molar-refractivity contribution < 1.29 is 13.2 Å². The van der Waals surface area contributed by atoms with Gasteiger partial charge in [-0.3, -0.25) is 4.79 Å². The molecule has 1 amide bonds. The number of amidine groups is 1. The molecular formula is C19H23ClN4O3S. The van der Waals surface area contributed by atoms with E-state index >= 15 is 0 Å². The Morgan fingerprint density at radius 3 is 2.64 bits per heavy atom. The zero-order chi connectivity index (χ0) is 19.0. The minimum Gasteiger partial charge on any atom is -0.338 e. The predicted octanol–water partition coefficient (Wildman–Crippen LogP) is 1.11. The van der Waals surface area contributed by atoms with Gasteiger partial charge in [0.25, 0.3) is 15.9 Å². The molecular weight excluding hydrogens is 400 g/mol. The zero-order valence-corrected chi connectivity index (χ0v) is 16.9. The van der Waals surface area contributed by atoms with Crippen molar-refractivity contribution in [2.75, 3.05) is 31.9 Å². The molecule has 4 rings (SSSR count). The number of benzene rings is 1. The number of nitrogens with zero attached hydrogens (tertiary/aromatic N) is 3. The highest BCUT2D eigenvalue weighted by atomic mass is 35.5. The van der Waals surface area contributed by atoms with Gasteiger partial charge in [0.05, 0.1) is 11.3 Å². The number of hydrogen-bond donors (Lipinski definition) is 1. The maximum atomic E-state index is 13.0. The van der Waals surface area contributed by atoms with Gasteiger partial charge in [-0.1, -0.05) is 30.3 Å². The summed E-state index contributed by atoms with van der Waals surface area (Å²) in [6.45, 7) is 2.08. The second-order valence-corrected chi connectivity index (χ2v) is 8.82. The van der Waals surface area contributed by atoms with Gasteiger partial charge in [-0.25, -0.2) is 8.42 Å². The lowest BCUT2D eigenvalue weighted by atomic mass is 9.89. The van der Waals surface area contributed by atoms with Gasteiger partial charge in [-0.15, -0.1) is 16.8 Å². The summed E-state index contributed by atoms with van der Waals surface area (Å²) < 4.78 is 27.0. The molecule has 0 saturated carbocycles. The Kier molecular flexibility index (Phi) is 5.92. The number of amides is 1. The van der Waals surface area contributed by atoms with Gasteiger partial charge in [0.15, 0.2) is 0 Å². The summed E-state index contributed by atoms with van der Waals surface area (Å²) in [7, 11) is -3.40. The van der Waals surface area contributed by atoms with Crippen molar-refractivity contribution in [1.29, 1.82) is 0 Å². The van der Waals surface area contributed by atoms with Crippen molar-refractivity contribution in [3.63, 3.8) is 0 Å². The normalized spacial score (nSPS) is 25.5. The van der Waals surface area contributed by atoms with E-state index in [1.54, 1.807) is 23.3 Å². The molecule has 2 N–H and O–H groups in total. The summed E-state index contributed by atoms with van der Waals surface area (Å²) >= 11 is 0. The van der Waals surface area contributed by atoms with Gasteiger partial charge < -0.3 is 15.5 Å². The number of rotatable bonds is 3. The molecule has 0 aliphatic carbocycles. The molecule has 3 heterocycles. The Bertz CT molecular complexity index is 943. The molecule has 0 spiro atoms. The maximum Gasteiger partial charge on any atom is 0.256 e. The summed E-state index contributed by atoms with van der Waals surface area (Å²) in [5.74, 6) is 0.710. The van der Waals surface area contributed by atoms with Gasteiger partial charge in [0.1, 0.15) is 5.84 Å². The van der Waals surface area contributed by atoms with Crippen LogP contribution in [0.2, 0.25) is 0 Å². The number of halogens is 1. The van der Waals surface area contributed by atoms with Gasteiger partial charge in [0, 0.05) is 31.8 Å². The number of nitrogens with two attached hydrogens (primary N) is 1. The Labute approximate surface area is 171 Å². The summed E-state index contributed by atoms with van der Waals surface area (Å²) in [6, 6.07) is 10.2. The third-order valence-corrected chi connectivity index (χ3v) is 6.49. The first-order chi connectivity index (χ1) is 13.0. The molecule has 0 aromatic heterocycles. The van der Waals surface area contributed by atoms with E-state index in [0.717, 1.165) is 0 Å². The summed E-state index contributed by atoms with van der Waals surface area (Å²) in [6.07, 6.45) is 4.93. The molecule has 1 fully saturated rings. The van der Waals surface area contributed by atoms with E-state index < -0.39 is 10.0 Å². The molecule has 3 aliphatic rings. The fourth-order valence-electron chi connectivity index (χ4n) is 3.86. The number of sulfonamides is 1. The highest BCUT2D eigenvalue weighted by Gasteiger charge is 2.36. The molecule has 2 atom stereocenters. The van der Waals surface area contributed by atoms with Crippen LogP contribution >= 0.6 is 12.4 Å². The van der Waals surface area contributed by atoms with E-state index in [1.165, 1.54) is 5.56 Å². The molecule has 0 bridgehead atoms. The molecule has 150 valence electrons. The van der Waals surface area contributed by atoms with Crippen molar-refractivity contribution in [2.24, 2.45) is 16.0 Å². The van der Waals surface area contributed by atoms with Crippen molar-refractivity contribution in [2.45, 2.75) is 5.92 Å². The summed E-state index contributed by atoms with van der Waals surface area (Å²) in [5.41, 5.74) is 7.71. The summed E-state index contributed by atoms with van der Waals surface area (Å²) in [5, 5.41) is 0. The van der Waals surface area contributed by atoms with Crippen LogP contribution in [0.25, 0.3) is 0 Å². The Balaban J connectivity index is 0.00000225. The molecule has 0 radical (unpaired) electrons. The predicted molar refractivity (Wildman–Crippen MR) is 111 cm³/mol. The van der Waals surface area contributed by atoms with E-state index in [4.69, 9.17) is 5.73 Å². The second kappa shape index (κ2) is 8.06. The van der Waals surface area contributed by atoms with Gasteiger partial charge in [-0.05, 0) is 30.2 Å². The maximum absolute atomic E-state index is 13.0. The fraction of sp³-hybridized carbons (Fsp3) is 0.368. The standard InChI is InChI=1S/C19H22N4O3S.ClH/c20-10-16-12-23(13-17(16)14-4-2-1-3-5-14)19(24)15-6-7-18-21-27(25,26)9-8-22(18)11-15;/h1-7,11,16-17H,8-10,12-13,20H2;1H/t16-,17+;/m1./s1. The van der Waals surface area contributed by atoms with Gasteiger partial charge in [-0.2, -0.15) is 0 Å². The molecule has 9 heteroatoms. The third kappa shape index (κ3) is 3.99. The minimum atomic E-state index is -3.40. The van der Waals surface area contributed by atoms with Crippen LogP contribution in [0.5, 0.6) is 0 Å². The topological polar surface area (TPSA) is 96.1 Å². The molecule has 0 unspecified atom stereocenters. The van der Waals surface area contributed by atoms with Crippen LogP contribution in [0.15, 0.2) is 58.7 Å². The zero-order valence-electron chi connectivity index (χ0n) is 15.3. The minimum absolute atomic E-state index is 0. The first kappa shape index (κ1) is 20.6. The van der Waals surface area contributed by atoms with E-state index in [-0.39, 0.29) is 35.9 Å². The third-order valence-electron chi connectivity index (χ3n) is 5.33. The van der Waals surface area contributed by atoms with E-state index in [1.807, 2.05) is 23.1 Å². The molecule has 3 aliphatic heterocycles. The van der Waals surface area contributed by atoms with Gasteiger partial charge >= 0.3 is 0 Å². The Morgan fingerprint density at radius 2 is 1.93 bits per heavy atom. The first-order valence-electron chi connectivity index (χ1n) is 9.00. The lowest BCUT2D eigenvalue weighted by Gasteiger charge is -2.28. The fourth-order valence-corrected chi connectivity index (χ4v) is 4.83. The molecule has 28 heavy (non-hydrogen) atoms. The lowest BCUT2D eigenvalue weighted by Crippen LogP contribution is -2.38. The van der Waals surface area contributed by atoms with Crippen LogP contribution in [0, 0.1) is 5.92 Å². The van der Waals surface area contributed by atoms with E-state index in [9.17, 15) is 13.2 Å². The SMILES string of the molecule is Cl.NC[C@@H]1CN(C(=O)C2=CN3CCS(=O)(=O)N=C3C=C2)C[C@H]1c1ccccc1. The quantitative estimate of drug-likeness (QED) is 0.787. The van der Waals surface area contributed by atoms with Crippen molar-refractivity contribution in [3.05, 3.63) is 59.8 Å². The second-order valence-electron chi connectivity index (χ2n) is 7.07. The van der Waals surface area contributed by atoms with Crippen molar-refractivity contribution in [3.8, 4) is 0 Å². The largest absolute Gasteiger partial charge is 0.338 e. The van der Waals surface area contributed by atoms with Crippen LogP contribution in [0.4, 0.5) is 0 Å². The Hall–Kier alpha value is -2.16. The monoisotopic (exact) mass is 422 g/mol. The number of carbonyl (C=O) groups excluding carboxylic acids is 1. The highest BCUT2D eigenvalue weighted by Crippen LogP contribution is 2.33. The van der Waals surface area contributed by atoms with Crippen LogP contribution < -0.4 is 5.73 Å². The van der Waals surface area contributed by atoms with Crippen LogP contribution in [0.3, 0.4) is 0 Å². The van der Waals surface area contributed by atoms with E-state index in [0.29, 0.717) is 37.6 Å². The van der Waals surface area contributed by atoms with Gasteiger partial charge in [0.2, 0.25) is 0 Å². The van der Waals surface area contributed by atoms with Crippen molar-refractivity contribution in [1.82, 2.24) is 9.80 Å². The number of carbonyl (C=O) groups is 1. The van der Waals surface area contributed by atoms with Crippen LogP contribution in [-0.2, 0) is 14.8 Å². The average Bonchev–Trinajstić information content (AvgIpc) is 3.11. The van der Waals surface area contributed by atoms with Crippen molar-refractivity contribution >= 4 is 34.2 Å². The molecule has 1 aromatic carbocycles. The number of hydrogen-bond acceptors (Lipinski definition) is 5. The summed E-state index contributed by atoms with van der Waals surface area (Å²) in [4.78, 5) is 16.6. The molecule has 7 nitrogen and oxygen atoms in total. The highest BCUT2D eigenvalue weighted by molar-refractivity contribution is 7.90. The number of fused-ring (bicyclic) bond motifs is 1. The average molecular weight is 423 g/mol. The Morgan fingerprint density at radius 1 is 1.18 bits per heavy atom.